The summed E-state index contributed by atoms with van der Waals surface area (Å²) in [5.41, 5.74) is 6.06. The Labute approximate surface area is 149 Å². The van der Waals surface area contributed by atoms with Crippen molar-refractivity contribution < 1.29 is 4.79 Å². The van der Waals surface area contributed by atoms with Gasteiger partial charge in [0.2, 0.25) is 0 Å². The van der Waals surface area contributed by atoms with E-state index in [1.807, 2.05) is 5.38 Å². The summed E-state index contributed by atoms with van der Waals surface area (Å²) in [5, 5.41) is 5.33. The summed E-state index contributed by atoms with van der Waals surface area (Å²) in [6.45, 7) is 6.26. The molecule has 0 fully saturated rings. The largest absolute Gasteiger partial charge is 0.352 e. The van der Waals surface area contributed by atoms with E-state index in [0.717, 1.165) is 11.3 Å². The lowest BCUT2D eigenvalue weighted by Gasteiger charge is -2.07. The molecule has 122 valence electrons. The van der Waals surface area contributed by atoms with Crippen LogP contribution in [0.3, 0.4) is 0 Å². The average Bonchev–Trinajstić information content (AvgIpc) is 2.99. The molecule has 0 bridgehead atoms. The first kappa shape index (κ1) is 16.5. The number of amides is 1. The third-order valence-electron chi connectivity index (χ3n) is 3.90. The number of nitrogens with one attached hydrogen (secondary N) is 2. The van der Waals surface area contributed by atoms with Gasteiger partial charge in [0.15, 0.2) is 5.13 Å². The van der Waals surface area contributed by atoms with E-state index in [2.05, 4.69) is 48.2 Å². The van der Waals surface area contributed by atoms with Crippen LogP contribution in [-0.2, 0) is 0 Å². The van der Waals surface area contributed by atoms with Crippen LogP contribution in [0.1, 0.15) is 27.0 Å². The van der Waals surface area contributed by atoms with E-state index in [1.165, 1.54) is 28.0 Å². The van der Waals surface area contributed by atoms with Crippen molar-refractivity contribution in [1.29, 1.82) is 0 Å². The molecule has 2 aromatic heterocycles. The van der Waals surface area contributed by atoms with Crippen LogP contribution < -0.4 is 5.32 Å². The Balaban J connectivity index is 1.87. The molecule has 6 heteroatoms. The molecule has 4 nitrogen and oxygen atoms in total. The normalized spacial score (nSPS) is 10.6. The Morgan fingerprint density at radius 2 is 1.96 bits per heavy atom. The van der Waals surface area contributed by atoms with Gasteiger partial charge in [-0.15, -0.1) is 11.3 Å². The smallest absolute Gasteiger partial charge is 0.260 e. The number of hydrogen-bond acceptors (Lipinski definition) is 4. The highest BCUT2D eigenvalue weighted by Gasteiger charge is 2.13. The Morgan fingerprint density at radius 1 is 1.21 bits per heavy atom. The van der Waals surface area contributed by atoms with Crippen molar-refractivity contribution in [3.05, 3.63) is 62.7 Å². The van der Waals surface area contributed by atoms with E-state index in [4.69, 9.17) is 12.2 Å². The van der Waals surface area contributed by atoms with Gasteiger partial charge in [-0.3, -0.25) is 10.1 Å². The van der Waals surface area contributed by atoms with Crippen molar-refractivity contribution in [2.75, 3.05) is 5.32 Å². The predicted molar refractivity (Wildman–Crippen MR) is 101 cm³/mol. The Hall–Kier alpha value is -2.31. The Kier molecular flexibility index (Phi) is 4.59. The zero-order valence-electron chi connectivity index (χ0n) is 13.6. The fourth-order valence-corrected chi connectivity index (χ4v) is 3.39. The van der Waals surface area contributed by atoms with Crippen LogP contribution in [0.4, 0.5) is 5.13 Å². The molecule has 2 N–H and O–H groups in total. The quantitative estimate of drug-likeness (QED) is 0.647. The summed E-state index contributed by atoms with van der Waals surface area (Å²) in [7, 11) is 0. The number of anilines is 1. The second kappa shape index (κ2) is 6.67. The average molecular weight is 355 g/mol. The van der Waals surface area contributed by atoms with E-state index < -0.39 is 0 Å². The number of H-pyrrole nitrogens is 1. The maximum Gasteiger partial charge on any atom is 0.260 e. The van der Waals surface area contributed by atoms with Crippen LogP contribution in [0.25, 0.3) is 11.3 Å². The second-order valence-corrected chi connectivity index (χ2v) is 6.92. The SMILES string of the molecule is Cc1cc(C)c(-c2csc(NC(=O)c3ccc[nH]c3=S)n2)cc1C. The first-order valence-corrected chi connectivity index (χ1v) is 8.77. The van der Waals surface area contributed by atoms with Gasteiger partial charge in [-0.2, -0.15) is 0 Å². The fourth-order valence-electron chi connectivity index (χ4n) is 2.46. The maximum atomic E-state index is 12.3. The van der Waals surface area contributed by atoms with Crippen LogP contribution in [0, 0.1) is 25.4 Å². The minimum absolute atomic E-state index is 0.255. The highest BCUT2D eigenvalue weighted by atomic mass is 32.1. The van der Waals surface area contributed by atoms with Gasteiger partial charge in [0.05, 0.1) is 11.3 Å². The fraction of sp³-hybridized carbons (Fsp3) is 0.167. The molecule has 0 unspecified atom stereocenters. The summed E-state index contributed by atoms with van der Waals surface area (Å²) in [4.78, 5) is 19.7. The van der Waals surface area contributed by atoms with Gasteiger partial charge in [-0.05, 0) is 55.7 Å². The molecule has 0 saturated heterocycles. The first-order chi connectivity index (χ1) is 11.5. The van der Waals surface area contributed by atoms with Crippen molar-refractivity contribution in [2.24, 2.45) is 0 Å². The van der Waals surface area contributed by atoms with Crippen LogP contribution in [0.15, 0.2) is 35.8 Å². The standard InChI is InChI=1S/C18H17N3OS2/c1-10-7-12(3)14(8-11(10)2)15-9-24-18(20-15)21-16(22)13-5-4-6-19-17(13)23/h4-9H,1-3H3,(H,19,23)(H,20,21,22). The molecule has 0 saturated carbocycles. The molecule has 0 aliphatic heterocycles. The molecule has 1 aromatic carbocycles. The highest BCUT2D eigenvalue weighted by Crippen LogP contribution is 2.29. The number of nitrogens with zero attached hydrogens (tertiary/aromatic N) is 1. The van der Waals surface area contributed by atoms with E-state index in [0.29, 0.717) is 15.3 Å². The van der Waals surface area contributed by atoms with Crippen molar-refractivity contribution in [2.45, 2.75) is 20.8 Å². The van der Waals surface area contributed by atoms with Gasteiger partial charge < -0.3 is 4.98 Å². The lowest BCUT2D eigenvalue weighted by molar-refractivity contribution is 0.102. The second-order valence-electron chi connectivity index (χ2n) is 5.66. The molecule has 24 heavy (non-hydrogen) atoms. The molecular formula is C18H17N3OS2. The van der Waals surface area contributed by atoms with E-state index in [9.17, 15) is 4.79 Å². The number of aromatic amines is 1. The van der Waals surface area contributed by atoms with Gasteiger partial charge in [0.25, 0.3) is 5.91 Å². The first-order valence-electron chi connectivity index (χ1n) is 7.48. The van der Waals surface area contributed by atoms with E-state index >= 15 is 0 Å². The van der Waals surface area contributed by atoms with Gasteiger partial charge in [0, 0.05) is 17.1 Å². The van der Waals surface area contributed by atoms with Crippen LogP contribution in [0.5, 0.6) is 0 Å². The molecular weight excluding hydrogens is 338 g/mol. The number of carbonyl (C=O) groups excluding carboxylic acids is 1. The van der Waals surface area contributed by atoms with E-state index in [1.54, 1.807) is 18.3 Å². The lowest BCUT2D eigenvalue weighted by atomic mass is 9.99. The monoisotopic (exact) mass is 355 g/mol. The zero-order chi connectivity index (χ0) is 17.3. The topological polar surface area (TPSA) is 57.8 Å². The molecule has 0 atom stereocenters. The number of carbonyl (C=O) groups is 1. The predicted octanol–water partition coefficient (Wildman–Crippen LogP) is 5.05. The summed E-state index contributed by atoms with van der Waals surface area (Å²) in [5.74, 6) is -0.255. The van der Waals surface area contributed by atoms with Gasteiger partial charge >= 0.3 is 0 Å². The molecule has 2 heterocycles. The highest BCUT2D eigenvalue weighted by molar-refractivity contribution is 7.71. The number of aryl methyl sites for hydroxylation is 3. The van der Waals surface area contributed by atoms with Gasteiger partial charge in [-0.25, -0.2) is 4.98 Å². The Morgan fingerprint density at radius 3 is 2.71 bits per heavy atom. The number of benzene rings is 1. The van der Waals surface area contributed by atoms with Crippen molar-refractivity contribution in [3.63, 3.8) is 0 Å². The summed E-state index contributed by atoms with van der Waals surface area (Å²) < 4.78 is 0.414. The number of thiazole rings is 1. The number of pyridine rings is 1. The van der Waals surface area contributed by atoms with Crippen molar-refractivity contribution >= 4 is 34.6 Å². The number of hydrogen-bond donors (Lipinski definition) is 2. The van der Waals surface area contributed by atoms with Crippen molar-refractivity contribution in [1.82, 2.24) is 9.97 Å². The number of rotatable bonds is 3. The van der Waals surface area contributed by atoms with Gasteiger partial charge in [-0.1, -0.05) is 18.3 Å². The van der Waals surface area contributed by atoms with E-state index in [-0.39, 0.29) is 5.91 Å². The van der Waals surface area contributed by atoms with Crippen molar-refractivity contribution in [3.8, 4) is 11.3 Å². The maximum absolute atomic E-state index is 12.3. The third-order valence-corrected chi connectivity index (χ3v) is 5.00. The van der Waals surface area contributed by atoms with Crippen LogP contribution in [-0.4, -0.2) is 15.9 Å². The van der Waals surface area contributed by atoms with Crippen LogP contribution in [0.2, 0.25) is 0 Å². The minimum Gasteiger partial charge on any atom is -0.352 e. The molecule has 3 rings (SSSR count). The summed E-state index contributed by atoms with van der Waals surface area (Å²) >= 11 is 6.54. The molecule has 0 aliphatic carbocycles. The zero-order valence-corrected chi connectivity index (χ0v) is 15.3. The third kappa shape index (κ3) is 3.29. The molecule has 0 spiro atoms. The van der Waals surface area contributed by atoms with Crippen LogP contribution >= 0.6 is 23.6 Å². The molecule has 0 radical (unpaired) electrons. The molecule has 0 aliphatic rings. The molecule has 3 aromatic rings. The lowest BCUT2D eigenvalue weighted by Crippen LogP contribution is -2.12. The Bertz CT molecular complexity index is 972. The molecule has 1 amide bonds. The van der Waals surface area contributed by atoms with Gasteiger partial charge in [0.1, 0.15) is 4.64 Å². The summed E-state index contributed by atoms with van der Waals surface area (Å²) in [6, 6.07) is 7.73. The minimum atomic E-state index is -0.255. The number of aromatic nitrogens is 2. The summed E-state index contributed by atoms with van der Waals surface area (Å²) in [6.07, 6.45) is 1.70.